The molecule has 2 saturated carbocycles. The fourth-order valence-electron chi connectivity index (χ4n) is 3.36. The van der Waals surface area contributed by atoms with Crippen LogP contribution in [0.4, 0.5) is 0 Å². The normalized spacial score (nSPS) is 24.4. The molecule has 2 amide bonds. The third kappa shape index (κ3) is 4.90. The van der Waals surface area contributed by atoms with Crippen LogP contribution in [0.15, 0.2) is 0 Å². The van der Waals surface area contributed by atoms with Gasteiger partial charge in [0.25, 0.3) is 0 Å². The van der Waals surface area contributed by atoms with Gasteiger partial charge in [0.1, 0.15) is 12.1 Å². The average molecular weight is 367 g/mol. The summed E-state index contributed by atoms with van der Waals surface area (Å²) in [6, 6.07) is -0.725. The molecule has 1 atom stereocenters. The topological polar surface area (TPSA) is 87.7 Å². The number of carbonyl (C=O) groups excluding carboxylic acids is 3. The van der Waals surface area contributed by atoms with Crippen molar-refractivity contribution in [3.63, 3.8) is 0 Å². The van der Waals surface area contributed by atoms with E-state index >= 15 is 0 Å². The van der Waals surface area contributed by atoms with E-state index in [1.54, 1.807) is 4.90 Å². The maximum absolute atomic E-state index is 12.3. The lowest BCUT2D eigenvalue weighted by atomic mass is 9.98. The summed E-state index contributed by atoms with van der Waals surface area (Å²) in [7, 11) is 0. The number of ether oxygens (including phenoxy) is 1. The predicted molar refractivity (Wildman–Crippen MR) is 94.6 cm³/mol. The molecule has 8 heteroatoms. The van der Waals surface area contributed by atoms with Crippen molar-refractivity contribution in [1.82, 2.24) is 15.5 Å². The van der Waals surface area contributed by atoms with E-state index in [1.165, 1.54) is 6.42 Å². The Morgan fingerprint density at radius 3 is 2.60 bits per heavy atom. The Kier molecular flexibility index (Phi) is 5.88. The number of esters is 1. The zero-order valence-corrected chi connectivity index (χ0v) is 15.1. The quantitative estimate of drug-likeness (QED) is 0.566. The SMILES string of the molecule is O=C(CC1C(=O)NCCN1C(=S)NC(=O)C1CC1)OC1CCCCC1. The molecular weight excluding hydrogens is 342 g/mol. The lowest BCUT2D eigenvalue weighted by molar-refractivity contribution is -0.153. The molecule has 0 aromatic heterocycles. The van der Waals surface area contributed by atoms with Crippen molar-refractivity contribution in [3.05, 3.63) is 0 Å². The molecule has 7 nitrogen and oxygen atoms in total. The average Bonchev–Trinajstić information content (AvgIpc) is 3.42. The number of nitrogens with zero attached hydrogens (tertiary/aromatic N) is 1. The van der Waals surface area contributed by atoms with Crippen molar-refractivity contribution in [2.24, 2.45) is 5.92 Å². The molecular formula is C17H25N3O4S. The Labute approximate surface area is 152 Å². The van der Waals surface area contributed by atoms with Crippen LogP contribution in [-0.2, 0) is 19.1 Å². The van der Waals surface area contributed by atoms with Crippen LogP contribution in [-0.4, -0.2) is 53.0 Å². The summed E-state index contributed by atoms with van der Waals surface area (Å²) in [5, 5.41) is 5.68. The van der Waals surface area contributed by atoms with Gasteiger partial charge in [0.15, 0.2) is 5.11 Å². The number of hydrogen-bond acceptors (Lipinski definition) is 5. The molecule has 1 unspecified atom stereocenters. The third-order valence-corrected chi connectivity index (χ3v) is 5.32. The van der Waals surface area contributed by atoms with E-state index in [4.69, 9.17) is 17.0 Å². The Hall–Kier alpha value is -1.70. The molecule has 138 valence electrons. The van der Waals surface area contributed by atoms with Gasteiger partial charge in [-0.1, -0.05) is 6.42 Å². The minimum absolute atomic E-state index is 0.0336. The molecule has 1 aliphatic heterocycles. The maximum atomic E-state index is 12.3. The molecule has 3 aliphatic rings. The van der Waals surface area contributed by atoms with Crippen LogP contribution >= 0.6 is 12.2 Å². The van der Waals surface area contributed by atoms with Crippen molar-refractivity contribution in [2.75, 3.05) is 13.1 Å². The number of amides is 2. The molecule has 2 N–H and O–H groups in total. The highest BCUT2D eigenvalue weighted by Crippen LogP contribution is 2.29. The Morgan fingerprint density at radius 2 is 1.92 bits per heavy atom. The van der Waals surface area contributed by atoms with Gasteiger partial charge in [-0.2, -0.15) is 0 Å². The molecule has 3 fully saturated rings. The van der Waals surface area contributed by atoms with Crippen molar-refractivity contribution in [2.45, 2.75) is 63.5 Å². The monoisotopic (exact) mass is 367 g/mol. The Bertz CT molecular complexity index is 558. The summed E-state index contributed by atoms with van der Waals surface area (Å²) < 4.78 is 5.52. The van der Waals surface area contributed by atoms with Crippen LogP contribution in [0.25, 0.3) is 0 Å². The van der Waals surface area contributed by atoms with Crippen LogP contribution in [0.2, 0.25) is 0 Å². The van der Waals surface area contributed by atoms with Crippen molar-refractivity contribution in [1.29, 1.82) is 0 Å². The first-order chi connectivity index (χ1) is 12.0. The first-order valence-electron chi connectivity index (χ1n) is 9.13. The van der Waals surface area contributed by atoms with Gasteiger partial charge in [-0.15, -0.1) is 0 Å². The molecule has 0 aromatic rings. The zero-order chi connectivity index (χ0) is 17.8. The largest absolute Gasteiger partial charge is 0.462 e. The van der Waals surface area contributed by atoms with E-state index in [0.717, 1.165) is 38.5 Å². The summed E-state index contributed by atoms with van der Waals surface area (Å²) in [5.74, 6) is -0.698. The second kappa shape index (κ2) is 8.12. The number of nitrogens with one attached hydrogen (secondary N) is 2. The summed E-state index contributed by atoms with van der Waals surface area (Å²) in [5.41, 5.74) is 0. The van der Waals surface area contributed by atoms with Crippen molar-refractivity contribution < 1.29 is 19.1 Å². The van der Waals surface area contributed by atoms with Gasteiger partial charge in [-0.05, 0) is 50.7 Å². The predicted octanol–water partition coefficient (Wildman–Crippen LogP) is 0.864. The van der Waals surface area contributed by atoms with Crippen LogP contribution in [0, 0.1) is 5.92 Å². The summed E-state index contributed by atoms with van der Waals surface area (Å²) in [6.07, 6.45) is 6.78. The highest BCUT2D eigenvalue weighted by molar-refractivity contribution is 7.80. The standard InChI is InChI=1S/C17H25N3O4S/c21-14(24-12-4-2-1-3-5-12)10-13-16(23)18-8-9-20(13)17(25)19-15(22)11-6-7-11/h11-13H,1-10H2,(H,18,23)(H,19,22,25). The Balaban J connectivity index is 1.56. The molecule has 0 spiro atoms. The Morgan fingerprint density at radius 1 is 1.20 bits per heavy atom. The number of rotatable bonds is 4. The molecule has 0 aromatic carbocycles. The number of thiocarbonyl (C=S) groups is 1. The fraction of sp³-hybridized carbons (Fsp3) is 0.765. The fourth-order valence-corrected chi connectivity index (χ4v) is 3.68. The molecule has 0 bridgehead atoms. The number of piperazine rings is 1. The minimum atomic E-state index is -0.725. The van der Waals surface area contributed by atoms with Gasteiger partial charge < -0.3 is 20.3 Å². The highest BCUT2D eigenvalue weighted by Gasteiger charge is 2.36. The first kappa shape index (κ1) is 18.1. The van der Waals surface area contributed by atoms with Gasteiger partial charge in [0.2, 0.25) is 11.8 Å². The second-order valence-electron chi connectivity index (χ2n) is 7.02. The lowest BCUT2D eigenvalue weighted by Crippen LogP contribution is -2.60. The van der Waals surface area contributed by atoms with Gasteiger partial charge in [-0.25, -0.2) is 0 Å². The highest BCUT2D eigenvalue weighted by atomic mass is 32.1. The molecule has 0 radical (unpaired) electrons. The second-order valence-corrected chi connectivity index (χ2v) is 7.41. The van der Waals surface area contributed by atoms with Crippen LogP contribution in [0.5, 0.6) is 0 Å². The van der Waals surface area contributed by atoms with Crippen LogP contribution < -0.4 is 10.6 Å². The van der Waals surface area contributed by atoms with Crippen LogP contribution in [0.3, 0.4) is 0 Å². The van der Waals surface area contributed by atoms with E-state index in [9.17, 15) is 14.4 Å². The molecule has 1 saturated heterocycles. The molecule has 1 heterocycles. The minimum Gasteiger partial charge on any atom is -0.462 e. The van der Waals surface area contributed by atoms with Gasteiger partial charge >= 0.3 is 5.97 Å². The smallest absolute Gasteiger partial charge is 0.308 e. The van der Waals surface area contributed by atoms with E-state index in [1.807, 2.05) is 0 Å². The van der Waals surface area contributed by atoms with E-state index < -0.39 is 6.04 Å². The lowest BCUT2D eigenvalue weighted by Gasteiger charge is -2.36. The molecule has 2 aliphatic carbocycles. The van der Waals surface area contributed by atoms with E-state index in [2.05, 4.69) is 10.6 Å². The number of carbonyl (C=O) groups is 3. The third-order valence-electron chi connectivity index (χ3n) is 4.98. The van der Waals surface area contributed by atoms with Gasteiger partial charge in [-0.3, -0.25) is 14.4 Å². The van der Waals surface area contributed by atoms with Gasteiger partial charge in [0, 0.05) is 19.0 Å². The van der Waals surface area contributed by atoms with Crippen molar-refractivity contribution >= 4 is 35.1 Å². The summed E-state index contributed by atoms with van der Waals surface area (Å²) >= 11 is 5.30. The summed E-state index contributed by atoms with van der Waals surface area (Å²) in [4.78, 5) is 38.1. The van der Waals surface area contributed by atoms with Crippen LogP contribution in [0.1, 0.15) is 51.4 Å². The number of hydrogen-bond donors (Lipinski definition) is 2. The molecule has 3 rings (SSSR count). The first-order valence-corrected chi connectivity index (χ1v) is 9.54. The van der Waals surface area contributed by atoms with E-state index in [0.29, 0.717) is 13.1 Å². The zero-order valence-electron chi connectivity index (χ0n) is 14.3. The van der Waals surface area contributed by atoms with Gasteiger partial charge in [0.05, 0.1) is 6.42 Å². The van der Waals surface area contributed by atoms with E-state index in [-0.39, 0.29) is 41.3 Å². The summed E-state index contributed by atoms with van der Waals surface area (Å²) in [6.45, 7) is 0.906. The maximum Gasteiger partial charge on any atom is 0.308 e. The molecule has 25 heavy (non-hydrogen) atoms. The van der Waals surface area contributed by atoms with Crippen molar-refractivity contribution in [3.8, 4) is 0 Å².